The second-order valence-corrected chi connectivity index (χ2v) is 13.7. The maximum atomic E-state index is 12.5. The molecule has 0 radical (unpaired) electrons. The normalized spacial score (nSPS) is 38.3. The van der Waals surface area contributed by atoms with E-state index in [-0.39, 0.29) is 11.8 Å². The molecule has 2 amide bonds. The number of hydrogen-bond donors (Lipinski definition) is 2. The molecule has 4 rings (SSSR count). The zero-order valence-corrected chi connectivity index (χ0v) is 23.8. The van der Waals surface area contributed by atoms with Crippen molar-refractivity contribution >= 4 is 11.8 Å². The third kappa shape index (κ3) is 5.58. The quantitative estimate of drug-likeness (QED) is 0.251. The third-order valence-electron chi connectivity index (χ3n) is 11.8. The van der Waals surface area contributed by atoms with E-state index in [0.29, 0.717) is 41.8 Å². The number of carbonyl (C=O) groups is 2. The molecular weight excluding hydrogens is 444 g/mol. The van der Waals surface area contributed by atoms with Gasteiger partial charge in [-0.05, 0) is 124 Å². The molecule has 2 N–H and O–H groups in total. The zero-order valence-electron chi connectivity index (χ0n) is 23.8. The van der Waals surface area contributed by atoms with Crippen molar-refractivity contribution in [3.63, 3.8) is 0 Å². The van der Waals surface area contributed by atoms with Crippen LogP contribution in [-0.2, 0) is 9.59 Å². The summed E-state index contributed by atoms with van der Waals surface area (Å²) in [4.78, 5) is 24.0. The molecule has 204 valence electrons. The zero-order chi connectivity index (χ0) is 25.9. The van der Waals surface area contributed by atoms with Crippen molar-refractivity contribution in [1.29, 1.82) is 0 Å². The lowest BCUT2D eigenvalue weighted by Crippen LogP contribution is -2.53. The molecule has 4 nitrogen and oxygen atoms in total. The van der Waals surface area contributed by atoms with Crippen molar-refractivity contribution in [3.05, 3.63) is 12.2 Å². The van der Waals surface area contributed by atoms with Crippen molar-refractivity contribution in [2.24, 2.45) is 46.3 Å². The van der Waals surface area contributed by atoms with E-state index in [1.54, 1.807) is 6.92 Å². The molecule has 0 aromatic rings. The summed E-state index contributed by atoms with van der Waals surface area (Å²) < 4.78 is 0. The Hall–Kier alpha value is -1.32. The van der Waals surface area contributed by atoms with E-state index >= 15 is 0 Å². The Balaban J connectivity index is 1.21. The molecule has 4 fully saturated rings. The van der Waals surface area contributed by atoms with Crippen molar-refractivity contribution in [3.8, 4) is 0 Å². The first-order chi connectivity index (χ1) is 17.2. The average Bonchev–Trinajstić information content (AvgIpc) is 3.21. The molecule has 0 heterocycles. The minimum atomic E-state index is -0.0831. The van der Waals surface area contributed by atoms with Gasteiger partial charge in [-0.25, -0.2) is 0 Å². The lowest BCUT2D eigenvalue weighted by molar-refractivity contribution is -0.122. The average molecular weight is 499 g/mol. The monoisotopic (exact) mass is 498 g/mol. The van der Waals surface area contributed by atoms with Gasteiger partial charge in [0.25, 0.3) is 0 Å². The van der Waals surface area contributed by atoms with Crippen LogP contribution in [0.2, 0.25) is 0 Å². The van der Waals surface area contributed by atoms with Crippen LogP contribution in [-0.4, -0.2) is 24.9 Å². The number of unbranched alkanes of at least 4 members (excludes halogenated alkanes) is 1. The molecule has 4 saturated carbocycles. The van der Waals surface area contributed by atoms with E-state index in [0.717, 1.165) is 48.9 Å². The van der Waals surface area contributed by atoms with Crippen LogP contribution < -0.4 is 10.6 Å². The predicted molar refractivity (Wildman–Crippen MR) is 148 cm³/mol. The number of rotatable bonds is 10. The molecule has 4 aliphatic rings. The lowest BCUT2D eigenvalue weighted by atomic mass is 9.44. The minimum Gasteiger partial charge on any atom is -0.356 e. The lowest BCUT2D eigenvalue weighted by Gasteiger charge is -2.61. The topological polar surface area (TPSA) is 58.2 Å². The Morgan fingerprint density at radius 3 is 2.36 bits per heavy atom. The Bertz CT molecular complexity index is 808. The summed E-state index contributed by atoms with van der Waals surface area (Å²) in [6.07, 6.45) is 18.0. The summed E-state index contributed by atoms with van der Waals surface area (Å²) >= 11 is 0. The molecule has 0 saturated heterocycles. The highest BCUT2D eigenvalue weighted by molar-refractivity contribution is 5.92. The molecule has 0 bridgehead atoms. The van der Waals surface area contributed by atoms with Crippen LogP contribution in [0.4, 0.5) is 0 Å². The van der Waals surface area contributed by atoms with Crippen LogP contribution in [0.1, 0.15) is 118 Å². The molecule has 0 spiro atoms. The smallest absolute Gasteiger partial charge is 0.246 e. The van der Waals surface area contributed by atoms with Crippen LogP contribution >= 0.6 is 0 Å². The second-order valence-electron chi connectivity index (χ2n) is 13.7. The molecule has 36 heavy (non-hydrogen) atoms. The number of hydrogen-bond acceptors (Lipinski definition) is 2. The number of carbonyl (C=O) groups excluding carboxylic acids is 2. The predicted octanol–water partition coefficient (Wildman–Crippen LogP) is 7.04. The van der Waals surface area contributed by atoms with E-state index in [9.17, 15) is 9.59 Å². The molecule has 0 aliphatic heterocycles. The van der Waals surface area contributed by atoms with Gasteiger partial charge in [-0.1, -0.05) is 40.2 Å². The Labute approximate surface area is 221 Å². The van der Waals surface area contributed by atoms with Crippen molar-refractivity contribution < 1.29 is 9.59 Å². The highest BCUT2D eigenvalue weighted by Gasteiger charge is 2.60. The summed E-state index contributed by atoms with van der Waals surface area (Å²) in [5.74, 6) is 5.38. The van der Waals surface area contributed by atoms with Crippen LogP contribution in [0.15, 0.2) is 12.2 Å². The summed E-state index contributed by atoms with van der Waals surface area (Å²) in [7, 11) is 0. The van der Waals surface area contributed by atoms with Gasteiger partial charge in [0.05, 0.1) is 0 Å². The van der Waals surface area contributed by atoms with Gasteiger partial charge in [0, 0.05) is 25.1 Å². The molecular formula is C32H54N2O2. The van der Waals surface area contributed by atoms with Gasteiger partial charge >= 0.3 is 0 Å². The molecule has 4 unspecified atom stereocenters. The van der Waals surface area contributed by atoms with Gasteiger partial charge in [0.1, 0.15) is 0 Å². The maximum absolute atomic E-state index is 12.5. The van der Waals surface area contributed by atoms with Gasteiger partial charge in [0.15, 0.2) is 0 Å². The van der Waals surface area contributed by atoms with Gasteiger partial charge in [-0.3, -0.25) is 9.59 Å². The van der Waals surface area contributed by atoms with Crippen LogP contribution in [0.3, 0.4) is 0 Å². The Morgan fingerprint density at radius 1 is 0.889 bits per heavy atom. The van der Waals surface area contributed by atoms with Gasteiger partial charge in [0.2, 0.25) is 11.8 Å². The maximum Gasteiger partial charge on any atom is 0.246 e. The van der Waals surface area contributed by atoms with E-state index in [1.807, 2.05) is 0 Å². The summed E-state index contributed by atoms with van der Waals surface area (Å²) in [5, 5.41) is 5.95. The van der Waals surface area contributed by atoms with E-state index in [1.165, 1.54) is 64.2 Å². The third-order valence-corrected chi connectivity index (χ3v) is 11.8. The SMILES string of the molecule is C=C(C)C(=O)NCCCCNC(=O)CC[C@@H](C)[C@H]1CCC2C3CCC4CCCC[C@]4(C)C3CC[C@@]21C. The minimum absolute atomic E-state index is 0.0831. The first-order valence-electron chi connectivity index (χ1n) is 15.4. The number of amides is 2. The van der Waals surface area contributed by atoms with E-state index in [2.05, 4.69) is 38.0 Å². The van der Waals surface area contributed by atoms with Crippen LogP contribution in [0, 0.1) is 46.3 Å². The van der Waals surface area contributed by atoms with Gasteiger partial charge in [-0.2, -0.15) is 0 Å². The first-order valence-corrected chi connectivity index (χ1v) is 15.4. The highest BCUT2D eigenvalue weighted by atomic mass is 16.2. The van der Waals surface area contributed by atoms with Gasteiger partial charge < -0.3 is 10.6 Å². The fourth-order valence-corrected chi connectivity index (χ4v) is 9.75. The first kappa shape index (κ1) is 27.7. The van der Waals surface area contributed by atoms with Crippen LogP contribution in [0.25, 0.3) is 0 Å². The number of nitrogens with one attached hydrogen (secondary N) is 2. The van der Waals surface area contributed by atoms with Crippen molar-refractivity contribution in [1.82, 2.24) is 10.6 Å². The highest BCUT2D eigenvalue weighted by Crippen LogP contribution is 2.68. The molecule has 0 aromatic heterocycles. The summed E-state index contributed by atoms with van der Waals surface area (Å²) in [6, 6.07) is 0. The second kappa shape index (κ2) is 11.6. The fourth-order valence-electron chi connectivity index (χ4n) is 9.75. The summed E-state index contributed by atoms with van der Waals surface area (Å²) in [5.41, 5.74) is 1.66. The Kier molecular flexibility index (Phi) is 8.93. The Morgan fingerprint density at radius 2 is 1.61 bits per heavy atom. The van der Waals surface area contributed by atoms with Crippen molar-refractivity contribution in [2.75, 3.05) is 13.1 Å². The van der Waals surface area contributed by atoms with Gasteiger partial charge in [-0.15, -0.1) is 0 Å². The molecule has 4 aliphatic carbocycles. The van der Waals surface area contributed by atoms with Crippen molar-refractivity contribution in [2.45, 2.75) is 118 Å². The molecule has 8 atom stereocenters. The molecule has 4 heteroatoms. The fraction of sp³-hybridized carbons (Fsp3) is 0.875. The molecule has 0 aromatic carbocycles. The summed E-state index contributed by atoms with van der Waals surface area (Å²) in [6.45, 7) is 14.5. The van der Waals surface area contributed by atoms with Crippen LogP contribution in [0.5, 0.6) is 0 Å². The standard InChI is InChI=1S/C32H54N2O2/c1-22(2)30(36)34-21-9-8-20-33-29(35)16-11-23(3)26-14-15-27-25-13-12-24-10-6-7-18-31(24,4)28(25)17-19-32(26,27)5/h23-28H,1,6-21H2,2-5H3,(H,33,35)(H,34,36)/t23-,24?,25?,26-,27?,28?,31+,32-/m1/s1. The number of fused-ring (bicyclic) bond motifs is 5. The van der Waals surface area contributed by atoms with E-state index in [4.69, 9.17) is 0 Å². The van der Waals surface area contributed by atoms with E-state index < -0.39 is 0 Å². The largest absolute Gasteiger partial charge is 0.356 e.